The minimum absolute atomic E-state index is 0.121. The first-order chi connectivity index (χ1) is 7.58. The van der Waals surface area contributed by atoms with Gasteiger partial charge in [0.1, 0.15) is 5.78 Å². The molecule has 0 aromatic heterocycles. The van der Waals surface area contributed by atoms with Crippen molar-refractivity contribution in [1.82, 2.24) is 0 Å². The maximum atomic E-state index is 12.0. The summed E-state index contributed by atoms with van der Waals surface area (Å²) in [7, 11) is 0. The molecule has 0 N–H and O–H groups in total. The lowest BCUT2D eigenvalue weighted by Gasteiger charge is -2.37. The fourth-order valence-corrected chi connectivity index (χ4v) is 4.08. The van der Waals surface area contributed by atoms with Gasteiger partial charge in [-0.3, -0.25) is 4.79 Å². The Labute approximate surface area is 96.9 Å². The first-order valence-electron chi connectivity index (χ1n) is 6.16. The van der Waals surface area contributed by atoms with Crippen molar-refractivity contribution in [3.05, 3.63) is 35.9 Å². The molecule has 2 unspecified atom stereocenters. The van der Waals surface area contributed by atoms with Gasteiger partial charge in [0.2, 0.25) is 0 Å². The van der Waals surface area contributed by atoms with E-state index < -0.39 is 0 Å². The van der Waals surface area contributed by atoms with Crippen LogP contribution in [-0.2, 0) is 10.2 Å². The lowest BCUT2D eigenvalue weighted by atomic mass is 9.65. The lowest BCUT2D eigenvalue weighted by Crippen LogP contribution is -2.34. The van der Waals surface area contributed by atoms with E-state index in [9.17, 15) is 4.79 Å². The SMILES string of the molecule is CC1(C)C2CCC1(c1ccccc1)CC2=O. The van der Waals surface area contributed by atoms with Crippen LogP contribution in [0.4, 0.5) is 0 Å². The van der Waals surface area contributed by atoms with E-state index in [2.05, 4.69) is 44.2 Å². The zero-order valence-corrected chi connectivity index (χ0v) is 9.99. The first kappa shape index (κ1) is 10.1. The molecule has 0 spiro atoms. The smallest absolute Gasteiger partial charge is 0.137 e. The quantitative estimate of drug-likeness (QED) is 0.700. The molecular weight excluding hydrogens is 196 g/mol. The molecule has 1 aromatic carbocycles. The van der Waals surface area contributed by atoms with Crippen molar-refractivity contribution in [1.29, 1.82) is 0 Å². The number of hydrogen-bond donors (Lipinski definition) is 0. The van der Waals surface area contributed by atoms with Crippen LogP contribution in [0.5, 0.6) is 0 Å². The summed E-state index contributed by atoms with van der Waals surface area (Å²) in [6.45, 7) is 4.56. The third-order valence-corrected chi connectivity index (χ3v) is 5.16. The number of carbonyl (C=O) groups is 1. The average Bonchev–Trinajstić information content (AvgIpc) is 2.64. The maximum absolute atomic E-state index is 12.0. The Morgan fingerprint density at radius 3 is 2.38 bits per heavy atom. The van der Waals surface area contributed by atoms with Gasteiger partial charge in [0.25, 0.3) is 0 Å². The van der Waals surface area contributed by atoms with E-state index >= 15 is 0 Å². The third kappa shape index (κ3) is 0.991. The standard InChI is InChI=1S/C15H18O/c1-14(2)12-8-9-15(14,10-13(12)16)11-6-4-3-5-7-11/h3-7,12H,8-10H2,1-2H3. The molecule has 2 bridgehead atoms. The van der Waals surface area contributed by atoms with Crippen molar-refractivity contribution in [2.45, 2.75) is 38.5 Å². The fourth-order valence-electron chi connectivity index (χ4n) is 4.08. The van der Waals surface area contributed by atoms with Crippen LogP contribution in [0.1, 0.15) is 38.7 Å². The molecule has 84 valence electrons. The summed E-state index contributed by atoms with van der Waals surface area (Å²) in [6, 6.07) is 10.6. The molecule has 0 heterocycles. The molecule has 0 amide bonds. The molecule has 16 heavy (non-hydrogen) atoms. The van der Waals surface area contributed by atoms with Gasteiger partial charge < -0.3 is 0 Å². The summed E-state index contributed by atoms with van der Waals surface area (Å²) >= 11 is 0. The van der Waals surface area contributed by atoms with Gasteiger partial charge >= 0.3 is 0 Å². The Morgan fingerprint density at radius 2 is 1.88 bits per heavy atom. The second-order valence-electron chi connectivity index (χ2n) is 5.90. The predicted octanol–water partition coefficient (Wildman–Crippen LogP) is 3.33. The summed E-state index contributed by atoms with van der Waals surface area (Å²) in [6.07, 6.45) is 3.02. The zero-order valence-electron chi connectivity index (χ0n) is 9.99. The van der Waals surface area contributed by atoms with Gasteiger partial charge in [-0.1, -0.05) is 44.2 Å². The molecule has 2 aliphatic rings. The molecule has 3 rings (SSSR count). The van der Waals surface area contributed by atoms with Crippen molar-refractivity contribution in [2.24, 2.45) is 11.3 Å². The predicted molar refractivity (Wildman–Crippen MR) is 64.2 cm³/mol. The molecular formula is C15H18O. The maximum Gasteiger partial charge on any atom is 0.137 e. The third-order valence-electron chi connectivity index (χ3n) is 5.16. The van der Waals surface area contributed by atoms with Crippen molar-refractivity contribution >= 4 is 5.78 Å². The van der Waals surface area contributed by atoms with Crippen molar-refractivity contribution in [2.75, 3.05) is 0 Å². The summed E-state index contributed by atoms with van der Waals surface area (Å²) < 4.78 is 0. The molecule has 0 saturated heterocycles. The summed E-state index contributed by atoms with van der Waals surface area (Å²) in [5, 5.41) is 0. The zero-order chi connectivity index (χ0) is 11.4. The van der Waals surface area contributed by atoms with Crippen LogP contribution in [0.3, 0.4) is 0 Å². The summed E-state index contributed by atoms with van der Waals surface area (Å²) in [5.41, 5.74) is 1.63. The Bertz CT molecular complexity index is 432. The van der Waals surface area contributed by atoms with E-state index in [4.69, 9.17) is 0 Å². The molecule has 2 aliphatic carbocycles. The minimum Gasteiger partial charge on any atom is -0.299 e. The lowest BCUT2D eigenvalue weighted by molar-refractivity contribution is -0.122. The molecule has 1 nitrogen and oxygen atoms in total. The summed E-state index contributed by atoms with van der Waals surface area (Å²) in [5.74, 6) is 0.785. The number of hydrogen-bond acceptors (Lipinski definition) is 1. The number of benzene rings is 1. The van der Waals surface area contributed by atoms with Crippen LogP contribution in [0.15, 0.2) is 30.3 Å². The number of rotatable bonds is 1. The van der Waals surface area contributed by atoms with E-state index in [0.29, 0.717) is 11.7 Å². The molecule has 2 fully saturated rings. The van der Waals surface area contributed by atoms with E-state index in [1.54, 1.807) is 0 Å². The van der Waals surface area contributed by atoms with Crippen molar-refractivity contribution in [3.63, 3.8) is 0 Å². The highest BCUT2D eigenvalue weighted by molar-refractivity contribution is 5.88. The van der Waals surface area contributed by atoms with Crippen LogP contribution in [0.25, 0.3) is 0 Å². The van der Waals surface area contributed by atoms with Crippen LogP contribution < -0.4 is 0 Å². The number of fused-ring (bicyclic) bond motifs is 2. The molecule has 2 atom stereocenters. The van der Waals surface area contributed by atoms with E-state index in [1.807, 2.05) is 0 Å². The molecule has 0 radical (unpaired) electrons. The highest BCUT2D eigenvalue weighted by atomic mass is 16.1. The van der Waals surface area contributed by atoms with E-state index in [0.717, 1.165) is 12.8 Å². The molecule has 1 heteroatoms. The molecule has 1 aromatic rings. The van der Waals surface area contributed by atoms with E-state index in [1.165, 1.54) is 12.0 Å². The van der Waals surface area contributed by atoms with Crippen LogP contribution >= 0.6 is 0 Å². The Kier molecular flexibility index (Phi) is 1.87. The second-order valence-corrected chi connectivity index (χ2v) is 5.90. The Hall–Kier alpha value is -1.11. The largest absolute Gasteiger partial charge is 0.299 e. The van der Waals surface area contributed by atoms with Gasteiger partial charge in [0.15, 0.2) is 0 Å². The molecule has 0 aliphatic heterocycles. The minimum atomic E-state index is 0.121. The van der Waals surface area contributed by atoms with Gasteiger partial charge in [-0.05, 0) is 23.8 Å². The van der Waals surface area contributed by atoms with Gasteiger partial charge in [0.05, 0.1) is 0 Å². The van der Waals surface area contributed by atoms with Gasteiger partial charge in [-0.25, -0.2) is 0 Å². The topological polar surface area (TPSA) is 17.1 Å². The number of Topliss-reactive ketones (excluding diaryl/α,β-unsaturated/α-hetero) is 1. The van der Waals surface area contributed by atoms with Crippen LogP contribution in [0.2, 0.25) is 0 Å². The van der Waals surface area contributed by atoms with Crippen molar-refractivity contribution in [3.8, 4) is 0 Å². The summed E-state index contributed by atoms with van der Waals surface area (Å²) in [4.78, 5) is 12.0. The van der Waals surface area contributed by atoms with Crippen LogP contribution in [0, 0.1) is 11.3 Å². The number of carbonyl (C=O) groups excluding carboxylic acids is 1. The van der Waals surface area contributed by atoms with E-state index in [-0.39, 0.29) is 10.8 Å². The Morgan fingerprint density at radius 1 is 1.19 bits per heavy atom. The van der Waals surface area contributed by atoms with Crippen molar-refractivity contribution < 1.29 is 4.79 Å². The average molecular weight is 214 g/mol. The second kappa shape index (κ2) is 2.97. The monoisotopic (exact) mass is 214 g/mol. The molecule has 2 saturated carbocycles. The first-order valence-corrected chi connectivity index (χ1v) is 6.16. The van der Waals surface area contributed by atoms with Crippen LogP contribution in [-0.4, -0.2) is 5.78 Å². The van der Waals surface area contributed by atoms with Gasteiger partial charge in [-0.15, -0.1) is 0 Å². The number of ketones is 1. The highest BCUT2D eigenvalue weighted by Crippen LogP contribution is 2.64. The fraction of sp³-hybridized carbons (Fsp3) is 0.533. The van der Waals surface area contributed by atoms with Gasteiger partial charge in [-0.2, -0.15) is 0 Å². The normalized spacial score (nSPS) is 35.6. The Balaban J connectivity index is 2.16. The highest BCUT2D eigenvalue weighted by Gasteiger charge is 2.63. The van der Waals surface area contributed by atoms with Gasteiger partial charge in [0, 0.05) is 17.8 Å².